The van der Waals surface area contributed by atoms with E-state index in [1.54, 1.807) is 18.2 Å². The highest BCUT2D eigenvalue weighted by Crippen LogP contribution is 2.44. The van der Waals surface area contributed by atoms with Gasteiger partial charge in [-0.1, -0.05) is 29.3 Å². The number of allylic oxidation sites excluding steroid dienone is 1. The van der Waals surface area contributed by atoms with Crippen LogP contribution in [0.2, 0.25) is 10.0 Å². The number of halogens is 2. The van der Waals surface area contributed by atoms with Gasteiger partial charge in [0.05, 0.1) is 11.5 Å². The van der Waals surface area contributed by atoms with Gasteiger partial charge in [0.1, 0.15) is 11.6 Å². The molecule has 9 heteroatoms. The van der Waals surface area contributed by atoms with Crippen LogP contribution < -0.4 is 21.7 Å². The molecule has 1 unspecified atom stereocenters. The van der Waals surface area contributed by atoms with E-state index in [4.69, 9.17) is 33.7 Å². The van der Waals surface area contributed by atoms with Gasteiger partial charge < -0.3 is 10.5 Å². The number of rotatable bonds is 1. The van der Waals surface area contributed by atoms with Crippen LogP contribution in [0, 0.1) is 11.3 Å². The van der Waals surface area contributed by atoms with Crippen molar-refractivity contribution in [3.63, 3.8) is 0 Å². The molecule has 1 aromatic carbocycles. The topological polar surface area (TPSA) is 103 Å². The van der Waals surface area contributed by atoms with Crippen LogP contribution in [0.25, 0.3) is 0 Å². The molecule has 0 bridgehead atoms. The molecule has 1 atom stereocenters. The third kappa shape index (κ3) is 2.42. The van der Waals surface area contributed by atoms with Crippen LogP contribution in [0.4, 0.5) is 0 Å². The van der Waals surface area contributed by atoms with Crippen LogP contribution in [0.5, 0.6) is 5.88 Å². The summed E-state index contributed by atoms with van der Waals surface area (Å²) in [5.74, 6) is -1.19. The van der Waals surface area contributed by atoms with Gasteiger partial charge >= 0.3 is 5.69 Å². The first kappa shape index (κ1) is 17.1. The Morgan fingerprint density at radius 3 is 2.32 bits per heavy atom. The second kappa shape index (κ2) is 5.99. The van der Waals surface area contributed by atoms with Gasteiger partial charge in [-0.25, -0.2) is 4.79 Å². The lowest BCUT2D eigenvalue weighted by Crippen LogP contribution is -2.42. The highest BCUT2D eigenvalue weighted by molar-refractivity contribution is 6.36. The maximum Gasteiger partial charge on any atom is 0.333 e. The minimum absolute atomic E-state index is 0.00162. The summed E-state index contributed by atoms with van der Waals surface area (Å²) >= 11 is 12.6. The van der Waals surface area contributed by atoms with E-state index in [9.17, 15) is 14.9 Å². The Labute approximate surface area is 152 Å². The van der Waals surface area contributed by atoms with Gasteiger partial charge in [-0.3, -0.25) is 13.9 Å². The van der Waals surface area contributed by atoms with E-state index in [0.717, 1.165) is 9.13 Å². The Morgan fingerprint density at radius 1 is 1.16 bits per heavy atom. The van der Waals surface area contributed by atoms with Crippen molar-refractivity contribution in [1.82, 2.24) is 9.13 Å². The number of ether oxygens (including phenoxy) is 1. The smallest absolute Gasteiger partial charge is 0.333 e. The van der Waals surface area contributed by atoms with Gasteiger partial charge in [0.25, 0.3) is 5.56 Å². The van der Waals surface area contributed by atoms with E-state index in [1.165, 1.54) is 14.1 Å². The number of benzene rings is 1. The Balaban J connectivity index is 2.50. The second-order valence-electron chi connectivity index (χ2n) is 5.48. The van der Waals surface area contributed by atoms with Crippen LogP contribution in [0.15, 0.2) is 39.2 Å². The highest BCUT2D eigenvalue weighted by atomic mass is 35.5. The Kier molecular flexibility index (Phi) is 4.11. The molecule has 2 N–H and O–H groups in total. The molecular weight excluding hydrogens is 367 g/mol. The number of aromatic nitrogens is 2. The Bertz CT molecular complexity index is 1070. The van der Waals surface area contributed by atoms with Crippen molar-refractivity contribution in [2.24, 2.45) is 19.8 Å². The molecule has 0 aliphatic carbocycles. The maximum atomic E-state index is 12.8. The van der Waals surface area contributed by atoms with Gasteiger partial charge in [-0.2, -0.15) is 5.26 Å². The first-order valence-electron chi connectivity index (χ1n) is 7.11. The number of hydrogen-bond acceptors (Lipinski definition) is 5. The molecule has 2 heterocycles. The molecule has 0 amide bonds. The van der Waals surface area contributed by atoms with E-state index in [1.807, 2.05) is 6.07 Å². The van der Waals surface area contributed by atoms with Crippen LogP contribution in [-0.4, -0.2) is 9.13 Å². The molecule has 0 saturated carbocycles. The van der Waals surface area contributed by atoms with Crippen LogP contribution >= 0.6 is 23.2 Å². The van der Waals surface area contributed by atoms with E-state index in [0.29, 0.717) is 5.56 Å². The van der Waals surface area contributed by atoms with Crippen LogP contribution in [0.1, 0.15) is 17.0 Å². The third-order valence-corrected chi connectivity index (χ3v) is 4.76. The number of nitrogens with zero attached hydrogens (tertiary/aromatic N) is 3. The SMILES string of the molecule is Cn1c2c(c(=O)n(C)c1=O)C(c1c(Cl)cccc1Cl)C(C#N)=C(N)O2. The van der Waals surface area contributed by atoms with Crippen molar-refractivity contribution in [2.45, 2.75) is 5.92 Å². The predicted molar refractivity (Wildman–Crippen MR) is 92.7 cm³/mol. The average molecular weight is 379 g/mol. The molecule has 0 fully saturated rings. The van der Waals surface area contributed by atoms with Crippen LogP contribution in [-0.2, 0) is 14.1 Å². The quantitative estimate of drug-likeness (QED) is 0.811. The second-order valence-corrected chi connectivity index (χ2v) is 6.30. The maximum absolute atomic E-state index is 12.8. The zero-order chi connectivity index (χ0) is 18.5. The largest absolute Gasteiger partial charge is 0.423 e. The fraction of sp³-hybridized carbons (Fsp3) is 0.188. The Morgan fingerprint density at radius 2 is 1.76 bits per heavy atom. The summed E-state index contributed by atoms with van der Waals surface area (Å²) in [5, 5.41) is 10.1. The lowest BCUT2D eigenvalue weighted by molar-refractivity contribution is 0.348. The number of nitriles is 1. The summed E-state index contributed by atoms with van der Waals surface area (Å²) in [6, 6.07) is 6.79. The first-order valence-corrected chi connectivity index (χ1v) is 7.86. The molecule has 0 radical (unpaired) electrons. The lowest BCUT2D eigenvalue weighted by atomic mass is 9.85. The normalized spacial score (nSPS) is 16.2. The average Bonchev–Trinajstić information content (AvgIpc) is 2.57. The van der Waals surface area contributed by atoms with Crippen molar-refractivity contribution in [1.29, 1.82) is 5.26 Å². The van der Waals surface area contributed by atoms with Gasteiger partial charge in [0, 0.05) is 29.7 Å². The predicted octanol–water partition coefficient (Wildman–Crippen LogP) is 1.61. The molecule has 1 aromatic heterocycles. The molecule has 128 valence electrons. The van der Waals surface area contributed by atoms with Crippen molar-refractivity contribution in [2.75, 3.05) is 0 Å². The molecule has 25 heavy (non-hydrogen) atoms. The van der Waals surface area contributed by atoms with Gasteiger partial charge in [-0.05, 0) is 12.1 Å². The molecule has 0 saturated heterocycles. The Hall–Kier alpha value is -2.69. The fourth-order valence-electron chi connectivity index (χ4n) is 2.86. The van der Waals surface area contributed by atoms with Gasteiger partial charge in [-0.15, -0.1) is 0 Å². The summed E-state index contributed by atoms with van der Waals surface area (Å²) < 4.78 is 7.49. The van der Waals surface area contributed by atoms with Crippen LogP contribution in [0.3, 0.4) is 0 Å². The molecule has 3 rings (SSSR count). The van der Waals surface area contributed by atoms with E-state index < -0.39 is 17.2 Å². The third-order valence-electron chi connectivity index (χ3n) is 4.10. The van der Waals surface area contributed by atoms with Crippen molar-refractivity contribution in [3.8, 4) is 11.9 Å². The number of hydrogen-bond donors (Lipinski definition) is 1. The van der Waals surface area contributed by atoms with Crippen molar-refractivity contribution in [3.05, 3.63) is 71.7 Å². The molecule has 7 nitrogen and oxygen atoms in total. The minimum Gasteiger partial charge on any atom is -0.423 e. The molecule has 1 aliphatic heterocycles. The summed E-state index contributed by atoms with van der Waals surface area (Å²) in [6.07, 6.45) is 0. The van der Waals surface area contributed by atoms with E-state index >= 15 is 0 Å². The first-order chi connectivity index (χ1) is 11.8. The standard InChI is InChI=1S/C16H12Cl2N4O3/c1-21-14(23)12-10(11-8(17)4-3-5-9(11)18)7(6-19)13(20)25-15(12)22(2)16(21)24/h3-5,10H,20H2,1-2H3. The number of fused-ring (bicyclic) bond motifs is 1. The summed E-state index contributed by atoms with van der Waals surface area (Å²) in [7, 11) is 2.78. The summed E-state index contributed by atoms with van der Waals surface area (Å²) in [4.78, 5) is 24.9. The zero-order valence-corrected chi connectivity index (χ0v) is 14.7. The molecule has 1 aliphatic rings. The van der Waals surface area contributed by atoms with E-state index in [-0.39, 0.29) is 32.9 Å². The molecular formula is C16H12Cl2N4O3. The number of nitrogens with two attached hydrogens (primary N) is 1. The van der Waals surface area contributed by atoms with Crippen molar-refractivity contribution >= 4 is 23.2 Å². The lowest BCUT2D eigenvalue weighted by Gasteiger charge is -2.28. The van der Waals surface area contributed by atoms with Gasteiger partial charge in [0.2, 0.25) is 11.8 Å². The highest BCUT2D eigenvalue weighted by Gasteiger charge is 2.37. The summed E-state index contributed by atoms with van der Waals surface area (Å²) in [5.41, 5.74) is 5.09. The van der Waals surface area contributed by atoms with Crippen molar-refractivity contribution < 1.29 is 4.74 Å². The summed E-state index contributed by atoms with van der Waals surface area (Å²) in [6.45, 7) is 0. The minimum atomic E-state index is -0.944. The fourth-order valence-corrected chi connectivity index (χ4v) is 3.48. The zero-order valence-electron chi connectivity index (χ0n) is 13.2. The van der Waals surface area contributed by atoms with Gasteiger partial charge in [0.15, 0.2) is 0 Å². The molecule has 0 spiro atoms. The van der Waals surface area contributed by atoms with E-state index in [2.05, 4.69) is 0 Å². The molecule has 2 aromatic rings. The monoisotopic (exact) mass is 378 g/mol.